The molecule has 2 aliphatic heterocycles. The van der Waals surface area contributed by atoms with Crippen LogP contribution < -0.4 is 20.3 Å². The smallest absolute Gasteiger partial charge is 0.145 e. The largest absolute Gasteiger partial charge is 0.489 e. The second-order valence-electron chi connectivity index (χ2n) is 4.65. The molecule has 4 heteroatoms. The van der Waals surface area contributed by atoms with Crippen LogP contribution in [0.25, 0.3) is 0 Å². The van der Waals surface area contributed by atoms with E-state index >= 15 is 0 Å². The summed E-state index contributed by atoms with van der Waals surface area (Å²) < 4.78 is 5.70. The van der Waals surface area contributed by atoms with Crippen molar-refractivity contribution in [1.82, 2.24) is 5.32 Å². The first-order chi connectivity index (χ1) is 8.34. The number of fused-ring (bicyclic) bond motifs is 1. The van der Waals surface area contributed by atoms with Crippen molar-refractivity contribution in [2.45, 2.75) is 6.92 Å². The minimum absolute atomic E-state index is 0.765. The van der Waals surface area contributed by atoms with Gasteiger partial charge in [-0.15, -0.1) is 0 Å². The number of rotatable bonds is 1. The third-order valence-electron chi connectivity index (χ3n) is 3.41. The lowest BCUT2D eigenvalue weighted by Gasteiger charge is -2.31. The summed E-state index contributed by atoms with van der Waals surface area (Å²) in [5.74, 6) is 1.02. The molecule has 0 amide bonds. The second kappa shape index (κ2) is 4.45. The Morgan fingerprint density at radius 1 is 1.18 bits per heavy atom. The van der Waals surface area contributed by atoms with Crippen LogP contribution in [0.5, 0.6) is 5.75 Å². The normalized spacial score (nSPS) is 19.2. The van der Waals surface area contributed by atoms with Crippen LogP contribution in [0.2, 0.25) is 0 Å². The molecule has 0 unspecified atom stereocenters. The van der Waals surface area contributed by atoms with Crippen molar-refractivity contribution in [2.24, 2.45) is 0 Å². The van der Waals surface area contributed by atoms with Gasteiger partial charge in [0.25, 0.3) is 0 Å². The predicted molar refractivity (Wildman–Crippen MR) is 70.2 cm³/mol. The Hall–Kier alpha value is -1.42. The van der Waals surface area contributed by atoms with E-state index in [0.717, 1.165) is 50.8 Å². The first kappa shape index (κ1) is 10.7. The number of hydrogen-bond acceptors (Lipinski definition) is 4. The summed E-state index contributed by atoms with van der Waals surface area (Å²) in [5.41, 5.74) is 3.67. The van der Waals surface area contributed by atoms with Gasteiger partial charge in [-0.05, 0) is 24.6 Å². The van der Waals surface area contributed by atoms with Crippen molar-refractivity contribution >= 4 is 11.4 Å². The molecule has 0 atom stereocenters. The molecule has 2 N–H and O–H groups in total. The van der Waals surface area contributed by atoms with E-state index in [9.17, 15) is 0 Å². The topological polar surface area (TPSA) is 36.5 Å². The molecule has 2 heterocycles. The minimum atomic E-state index is 0.765. The standard InChI is InChI=1S/C13H19N3O/c1-10-8-11(16-5-2-14-3-6-16)9-12-13(10)17-7-4-15-12/h8-9,14-15H,2-7H2,1H3. The number of anilines is 2. The molecule has 1 saturated heterocycles. The summed E-state index contributed by atoms with van der Waals surface area (Å²) in [6, 6.07) is 4.45. The SMILES string of the molecule is Cc1cc(N2CCNCC2)cc2c1OCCN2. The Bertz CT molecular complexity index is 413. The van der Waals surface area contributed by atoms with Gasteiger partial charge in [-0.2, -0.15) is 0 Å². The number of hydrogen-bond donors (Lipinski definition) is 2. The summed E-state index contributed by atoms with van der Waals surface area (Å²) in [5, 5.41) is 6.80. The van der Waals surface area contributed by atoms with E-state index in [1.807, 2.05) is 0 Å². The summed E-state index contributed by atoms with van der Waals surface area (Å²) >= 11 is 0. The van der Waals surface area contributed by atoms with Gasteiger partial charge in [0.1, 0.15) is 12.4 Å². The Kier molecular flexibility index (Phi) is 2.81. The highest BCUT2D eigenvalue weighted by molar-refractivity contribution is 5.69. The monoisotopic (exact) mass is 233 g/mol. The van der Waals surface area contributed by atoms with Gasteiger partial charge in [-0.25, -0.2) is 0 Å². The van der Waals surface area contributed by atoms with Crippen molar-refractivity contribution in [3.05, 3.63) is 17.7 Å². The zero-order valence-corrected chi connectivity index (χ0v) is 10.3. The minimum Gasteiger partial charge on any atom is -0.489 e. The second-order valence-corrected chi connectivity index (χ2v) is 4.65. The number of piperazine rings is 1. The van der Waals surface area contributed by atoms with E-state index in [4.69, 9.17) is 4.74 Å². The van der Waals surface area contributed by atoms with Crippen LogP contribution in [0.4, 0.5) is 11.4 Å². The predicted octanol–water partition coefficient (Wildman–Crippen LogP) is 1.21. The molecule has 0 aromatic heterocycles. The van der Waals surface area contributed by atoms with Crippen molar-refractivity contribution in [1.29, 1.82) is 0 Å². The summed E-state index contributed by atoms with van der Waals surface area (Å²) in [4.78, 5) is 2.43. The van der Waals surface area contributed by atoms with Crippen LogP contribution in [0.1, 0.15) is 5.56 Å². The highest BCUT2D eigenvalue weighted by Crippen LogP contribution is 2.35. The molecule has 92 valence electrons. The Labute approximate surface area is 102 Å². The molecule has 4 nitrogen and oxygen atoms in total. The van der Waals surface area contributed by atoms with Gasteiger partial charge in [-0.3, -0.25) is 0 Å². The van der Waals surface area contributed by atoms with Crippen LogP contribution in [-0.4, -0.2) is 39.3 Å². The quantitative estimate of drug-likeness (QED) is 0.764. The first-order valence-electron chi connectivity index (χ1n) is 6.31. The van der Waals surface area contributed by atoms with Crippen LogP contribution in [0.3, 0.4) is 0 Å². The van der Waals surface area contributed by atoms with E-state index in [1.165, 1.54) is 11.3 Å². The van der Waals surface area contributed by atoms with Crippen molar-refractivity contribution in [3.8, 4) is 5.75 Å². The third kappa shape index (κ3) is 2.05. The van der Waals surface area contributed by atoms with Gasteiger partial charge < -0.3 is 20.3 Å². The van der Waals surface area contributed by atoms with Crippen molar-refractivity contribution in [2.75, 3.05) is 49.5 Å². The number of benzene rings is 1. The fourth-order valence-electron chi connectivity index (χ4n) is 2.52. The lowest BCUT2D eigenvalue weighted by Crippen LogP contribution is -2.43. The van der Waals surface area contributed by atoms with E-state index in [0.29, 0.717) is 0 Å². The first-order valence-corrected chi connectivity index (χ1v) is 6.31. The zero-order chi connectivity index (χ0) is 11.7. The van der Waals surface area contributed by atoms with E-state index in [2.05, 4.69) is 34.6 Å². The van der Waals surface area contributed by atoms with E-state index in [-0.39, 0.29) is 0 Å². The highest BCUT2D eigenvalue weighted by Gasteiger charge is 2.17. The van der Waals surface area contributed by atoms with Crippen LogP contribution in [0, 0.1) is 6.92 Å². The van der Waals surface area contributed by atoms with Gasteiger partial charge in [0.2, 0.25) is 0 Å². The summed E-state index contributed by atoms with van der Waals surface area (Å²) in [6.45, 7) is 8.09. The molecule has 1 aromatic rings. The number of aryl methyl sites for hydroxylation is 1. The molecule has 3 rings (SSSR count). The van der Waals surface area contributed by atoms with Gasteiger partial charge >= 0.3 is 0 Å². The van der Waals surface area contributed by atoms with Crippen molar-refractivity contribution < 1.29 is 4.74 Å². The molecule has 1 fully saturated rings. The van der Waals surface area contributed by atoms with Gasteiger partial charge in [0.05, 0.1) is 5.69 Å². The Morgan fingerprint density at radius 3 is 2.82 bits per heavy atom. The molecule has 0 saturated carbocycles. The number of nitrogens with zero attached hydrogens (tertiary/aromatic N) is 1. The fourth-order valence-corrected chi connectivity index (χ4v) is 2.52. The van der Waals surface area contributed by atoms with Gasteiger partial charge in [0, 0.05) is 38.4 Å². The molecule has 0 spiro atoms. The van der Waals surface area contributed by atoms with E-state index in [1.54, 1.807) is 0 Å². The fraction of sp³-hybridized carbons (Fsp3) is 0.538. The molecule has 1 aromatic carbocycles. The molecular weight excluding hydrogens is 214 g/mol. The van der Waals surface area contributed by atoms with Gasteiger partial charge in [-0.1, -0.05) is 0 Å². The molecule has 2 aliphatic rings. The average Bonchev–Trinajstić information content (AvgIpc) is 2.40. The lowest BCUT2D eigenvalue weighted by molar-refractivity contribution is 0.321. The van der Waals surface area contributed by atoms with Crippen molar-refractivity contribution in [3.63, 3.8) is 0 Å². The Balaban J connectivity index is 1.92. The maximum atomic E-state index is 5.70. The molecule has 0 aliphatic carbocycles. The molecule has 17 heavy (non-hydrogen) atoms. The summed E-state index contributed by atoms with van der Waals surface area (Å²) in [7, 11) is 0. The molecular formula is C13H19N3O. The molecule has 0 radical (unpaired) electrons. The maximum Gasteiger partial charge on any atom is 0.145 e. The lowest BCUT2D eigenvalue weighted by atomic mass is 10.1. The average molecular weight is 233 g/mol. The number of nitrogens with one attached hydrogen (secondary N) is 2. The summed E-state index contributed by atoms with van der Waals surface area (Å²) in [6.07, 6.45) is 0. The zero-order valence-electron chi connectivity index (χ0n) is 10.3. The molecule has 0 bridgehead atoms. The van der Waals surface area contributed by atoms with Crippen LogP contribution >= 0.6 is 0 Å². The number of ether oxygens (including phenoxy) is 1. The van der Waals surface area contributed by atoms with Crippen LogP contribution in [0.15, 0.2) is 12.1 Å². The van der Waals surface area contributed by atoms with Crippen LogP contribution in [-0.2, 0) is 0 Å². The Morgan fingerprint density at radius 2 is 2.00 bits per heavy atom. The van der Waals surface area contributed by atoms with E-state index < -0.39 is 0 Å². The van der Waals surface area contributed by atoms with Gasteiger partial charge in [0.15, 0.2) is 0 Å². The third-order valence-corrected chi connectivity index (χ3v) is 3.41. The maximum absolute atomic E-state index is 5.70. The highest BCUT2D eigenvalue weighted by atomic mass is 16.5.